The van der Waals surface area contributed by atoms with E-state index in [4.69, 9.17) is 14.6 Å². The van der Waals surface area contributed by atoms with Gasteiger partial charge in [-0.15, -0.1) is 0 Å². The van der Waals surface area contributed by atoms with E-state index in [0.29, 0.717) is 24.6 Å². The van der Waals surface area contributed by atoms with Gasteiger partial charge in [-0.05, 0) is 48.4 Å². The second kappa shape index (κ2) is 8.95. The lowest BCUT2D eigenvalue weighted by atomic mass is 10.1. The van der Waals surface area contributed by atoms with Crippen LogP contribution in [0.4, 0.5) is 5.69 Å². The predicted octanol–water partition coefficient (Wildman–Crippen LogP) is 4.89. The van der Waals surface area contributed by atoms with Gasteiger partial charge in [0.1, 0.15) is 18.1 Å². The molecule has 2 N–H and O–H groups in total. The molecule has 0 atom stereocenters. The largest absolute Gasteiger partial charge is 0.495 e. The van der Waals surface area contributed by atoms with Crippen molar-refractivity contribution >= 4 is 11.7 Å². The maximum absolute atomic E-state index is 11.2. The van der Waals surface area contributed by atoms with Crippen molar-refractivity contribution < 1.29 is 19.4 Å². The first-order valence-electron chi connectivity index (χ1n) is 8.97. The zero-order valence-electron chi connectivity index (χ0n) is 15.9. The van der Waals surface area contributed by atoms with Crippen LogP contribution in [0, 0.1) is 6.92 Å². The molecule has 5 heteroatoms. The summed E-state index contributed by atoms with van der Waals surface area (Å²) in [5.74, 6) is 0.429. The molecule has 5 nitrogen and oxygen atoms in total. The standard InChI is InChI=1S/C23H23NO4/c1-16-3-5-18(6-4-16)15-28-20-10-7-17(8-11-20)14-24-21-13-19(23(25)26)9-12-22(21)27-2/h3-13,24H,14-15H2,1-2H3,(H,25,26). The number of benzene rings is 3. The number of methoxy groups -OCH3 is 1. The van der Waals surface area contributed by atoms with Gasteiger partial charge in [-0.1, -0.05) is 42.0 Å². The van der Waals surface area contributed by atoms with Gasteiger partial charge < -0.3 is 19.9 Å². The first-order valence-corrected chi connectivity index (χ1v) is 8.97. The van der Waals surface area contributed by atoms with Gasteiger partial charge in [-0.25, -0.2) is 4.79 Å². The molecule has 0 aliphatic rings. The molecule has 0 saturated carbocycles. The number of hydrogen-bond acceptors (Lipinski definition) is 4. The second-order valence-corrected chi connectivity index (χ2v) is 6.49. The number of carboxylic acid groups (broad SMARTS) is 1. The summed E-state index contributed by atoms with van der Waals surface area (Å²) >= 11 is 0. The molecular formula is C23H23NO4. The summed E-state index contributed by atoms with van der Waals surface area (Å²) in [6, 6.07) is 20.8. The van der Waals surface area contributed by atoms with Gasteiger partial charge in [-0.2, -0.15) is 0 Å². The van der Waals surface area contributed by atoms with Crippen LogP contribution in [0.3, 0.4) is 0 Å². The van der Waals surface area contributed by atoms with Crippen LogP contribution in [0.25, 0.3) is 0 Å². The maximum Gasteiger partial charge on any atom is 0.335 e. The molecule has 3 aromatic carbocycles. The Hall–Kier alpha value is -3.47. The summed E-state index contributed by atoms with van der Waals surface area (Å²) in [5, 5.41) is 12.4. The summed E-state index contributed by atoms with van der Waals surface area (Å²) in [7, 11) is 1.56. The quantitative estimate of drug-likeness (QED) is 0.585. The first kappa shape index (κ1) is 19.3. The Balaban J connectivity index is 1.59. The Morgan fingerprint density at radius 3 is 2.29 bits per heavy atom. The fourth-order valence-corrected chi connectivity index (χ4v) is 2.73. The molecule has 3 rings (SSSR count). The Kier molecular flexibility index (Phi) is 6.17. The van der Waals surface area contributed by atoms with E-state index in [2.05, 4.69) is 36.5 Å². The Labute approximate surface area is 164 Å². The molecule has 0 aromatic heterocycles. The zero-order valence-corrected chi connectivity index (χ0v) is 15.9. The van der Waals surface area contributed by atoms with Crippen molar-refractivity contribution in [2.75, 3.05) is 12.4 Å². The summed E-state index contributed by atoms with van der Waals surface area (Å²) < 4.78 is 11.1. The molecule has 144 valence electrons. The molecule has 0 bridgehead atoms. The monoisotopic (exact) mass is 377 g/mol. The van der Waals surface area contributed by atoms with Crippen molar-refractivity contribution in [2.24, 2.45) is 0 Å². The van der Waals surface area contributed by atoms with Crippen molar-refractivity contribution in [3.8, 4) is 11.5 Å². The molecule has 0 fully saturated rings. The van der Waals surface area contributed by atoms with Gasteiger partial charge in [-0.3, -0.25) is 0 Å². The minimum atomic E-state index is -0.971. The highest BCUT2D eigenvalue weighted by Gasteiger charge is 2.09. The third kappa shape index (κ3) is 5.04. The van der Waals surface area contributed by atoms with Crippen LogP contribution >= 0.6 is 0 Å². The van der Waals surface area contributed by atoms with E-state index < -0.39 is 5.97 Å². The van der Waals surface area contributed by atoms with E-state index in [-0.39, 0.29) is 5.56 Å². The average Bonchev–Trinajstić information content (AvgIpc) is 2.72. The number of carboxylic acids is 1. The third-order valence-electron chi connectivity index (χ3n) is 4.38. The van der Waals surface area contributed by atoms with Crippen molar-refractivity contribution in [2.45, 2.75) is 20.1 Å². The number of anilines is 1. The molecule has 0 spiro atoms. The number of aromatic carboxylic acids is 1. The molecular weight excluding hydrogens is 354 g/mol. The van der Waals surface area contributed by atoms with Gasteiger partial charge in [0, 0.05) is 6.54 Å². The Morgan fingerprint density at radius 1 is 0.964 bits per heavy atom. The molecule has 0 amide bonds. The summed E-state index contributed by atoms with van der Waals surface area (Å²) in [5.41, 5.74) is 4.25. The fourth-order valence-electron chi connectivity index (χ4n) is 2.73. The average molecular weight is 377 g/mol. The number of rotatable bonds is 8. The number of carbonyl (C=O) groups is 1. The number of ether oxygens (including phenoxy) is 2. The molecule has 0 heterocycles. The van der Waals surface area contributed by atoms with Crippen LogP contribution in [0.5, 0.6) is 11.5 Å². The molecule has 0 saturated heterocycles. The molecule has 0 aliphatic carbocycles. The SMILES string of the molecule is COc1ccc(C(=O)O)cc1NCc1ccc(OCc2ccc(C)cc2)cc1. The molecule has 0 radical (unpaired) electrons. The minimum absolute atomic E-state index is 0.211. The predicted molar refractivity (Wildman–Crippen MR) is 109 cm³/mol. The number of hydrogen-bond donors (Lipinski definition) is 2. The third-order valence-corrected chi connectivity index (χ3v) is 4.38. The highest BCUT2D eigenvalue weighted by molar-refractivity contribution is 5.89. The highest BCUT2D eigenvalue weighted by Crippen LogP contribution is 2.26. The van der Waals surface area contributed by atoms with Gasteiger partial charge in [0.15, 0.2) is 0 Å². The first-order chi connectivity index (χ1) is 13.5. The van der Waals surface area contributed by atoms with Gasteiger partial charge in [0.05, 0.1) is 18.4 Å². The van der Waals surface area contributed by atoms with Gasteiger partial charge >= 0.3 is 5.97 Å². The van der Waals surface area contributed by atoms with Crippen LogP contribution in [0.2, 0.25) is 0 Å². The van der Waals surface area contributed by atoms with Crippen molar-refractivity contribution in [3.05, 3.63) is 89.0 Å². The normalized spacial score (nSPS) is 10.4. The van der Waals surface area contributed by atoms with E-state index >= 15 is 0 Å². The van der Waals surface area contributed by atoms with Crippen LogP contribution in [-0.4, -0.2) is 18.2 Å². The van der Waals surface area contributed by atoms with Gasteiger partial charge in [0.2, 0.25) is 0 Å². The molecule has 0 unspecified atom stereocenters. The maximum atomic E-state index is 11.2. The summed E-state index contributed by atoms with van der Waals surface area (Å²) in [6.07, 6.45) is 0. The lowest BCUT2D eigenvalue weighted by Gasteiger charge is -2.12. The van der Waals surface area contributed by atoms with E-state index in [9.17, 15) is 4.79 Å². The molecule has 0 aliphatic heterocycles. The summed E-state index contributed by atoms with van der Waals surface area (Å²) in [4.78, 5) is 11.2. The smallest absolute Gasteiger partial charge is 0.335 e. The minimum Gasteiger partial charge on any atom is -0.495 e. The fraction of sp³-hybridized carbons (Fsp3) is 0.174. The lowest BCUT2D eigenvalue weighted by Crippen LogP contribution is -2.04. The van der Waals surface area contributed by atoms with Crippen molar-refractivity contribution in [1.82, 2.24) is 0 Å². The van der Waals surface area contributed by atoms with Crippen LogP contribution < -0.4 is 14.8 Å². The van der Waals surface area contributed by atoms with Crippen LogP contribution in [0.15, 0.2) is 66.7 Å². The van der Waals surface area contributed by atoms with E-state index in [1.165, 1.54) is 11.6 Å². The zero-order chi connectivity index (χ0) is 19.9. The van der Waals surface area contributed by atoms with E-state index in [1.807, 2.05) is 24.3 Å². The number of nitrogens with one attached hydrogen (secondary N) is 1. The lowest BCUT2D eigenvalue weighted by molar-refractivity contribution is 0.0697. The Bertz CT molecular complexity index is 934. The van der Waals surface area contributed by atoms with Gasteiger partial charge in [0.25, 0.3) is 0 Å². The van der Waals surface area contributed by atoms with Crippen molar-refractivity contribution in [3.63, 3.8) is 0 Å². The Morgan fingerprint density at radius 2 is 1.64 bits per heavy atom. The van der Waals surface area contributed by atoms with Crippen molar-refractivity contribution in [1.29, 1.82) is 0 Å². The van der Waals surface area contributed by atoms with Crippen LogP contribution in [0.1, 0.15) is 27.0 Å². The molecule has 28 heavy (non-hydrogen) atoms. The number of aryl methyl sites for hydroxylation is 1. The second-order valence-electron chi connectivity index (χ2n) is 6.49. The van der Waals surface area contributed by atoms with E-state index in [1.54, 1.807) is 19.2 Å². The highest BCUT2D eigenvalue weighted by atomic mass is 16.5. The van der Waals surface area contributed by atoms with Crippen LogP contribution in [-0.2, 0) is 13.2 Å². The molecule has 3 aromatic rings. The van der Waals surface area contributed by atoms with E-state index in [0.717, 1.165) is 16.9 Å². The summed E-state index contributed by atoms with van der Waals surface area (Å²) in [6.45, 7) is 3.12. The topological polar surface area (TPSA) is 67.8 Å².